The van der Waals surface area contributed by atoms with Crippen molar-refractivity contribution in [1.29, 1.82) is 0 Å². The number of aromatic nitrogens is 3. The van der Waals surface area contributed by atoms with Crippen LogP contribution in [-0.4, -0.2) is 45.4 Å². The molecule has 0 aliphatic carbocycles. The highest BCUT2D eigenvalue weighted by molar-refractivity contribution is 5.98. The maximum Gasteiger partial charge on any atom is 0.258 e. The van der Waals surface area contributed by atoms with E-state index in [4.69, 9.17) is 0 Å². The second-order valence-corrected chi connectivity index (χ2v) is 6.61. The Morgan fingerprint density at radius 1 is 1.15 bits per heavy atom. The molecule has 0 saturated carbocycles. The second kappa shape index (κ2) is 7.57. The molecule has 1 saturated heterocycles. The zero-order chi connectivity index (χ0) is 18.6. The summed E-state index contributed by atoms with van der Waals surface area (Å²) in [5, 5.41) is 3.79. The number of amides is 1. The molecule has 0 atom stereocenters. The highest BCUT2D eigenvalue weighted by Gasteiger charge is 2.22. The molecule has 3 heterocycles. The smallest absolute Gasteiger partial charge is 0.258 e. The molecule has 1 aromatic carbocycles. The largest absolute Gasteiger partial charge is 0.369 e. The Hall–Kier alpha value is -3.22. The van der Waals surface area contributed by atoms with Crippen molar-refractivity contribution in [3.63, 3.8) is 0 Å². The second-order valence-electron chi connectivity index (χ2n) is 6.61. The first-order valence-corrected chi connectivity index (χ1v) is 9.18. The van der Waals surface area contributed by atoms with Crippen molar-refractivity contribution in [3.8, 4) is 0 Å². The molecule has 1 amide bonds. The number of pyridine rings is 1. The molecule has 2 aromatic heterocycles. The molecule has 0 radical (unpaired) electrons. The van der Waals surface area contributed by atoms with Gasteiger partial charge in [-0.1, -0.05) is 12.1 Å². The molecule has 1 fully saturated rings. The van der Waals surface area contributed by atoms with Gasteiger partial charge >= 0.3 is 0 Å². The van der Waals surface area contributed by atoms with Gasteiger partial charge in [0.05, 0.1) is 16.5 Å². The van der Waals surface area contributed by atoms with Crippen molar-refractivity contribution in [3.05, 3.63) is 64.3 Å². The Kier molecular flexibility index (Phi) is 4.82. The fraction of sp³-hybridized carbons (Fsp3) is 0.300. The van der Waals surface area contributed by atoms with Gasteiger partial charge in [0.25, 0.3) is 11.5 Å². The first-order chi connectivity index (χ1) is 13.2. The van der Waals surface area contributed by atoms with E-state index in [1.54, 1.807) is 24.4 Å². The number of anilines is 1. The van der Waals surface area contributed by atoms with Crippen LogP contribution in [0.4, 0.5) is 5.82 Å². The van der Waals surface area contributed by atoms with E-state index >= 15 is 0 Å². The van der Waals surface area contributed by atoms with E-state index in [1.165, 1.54) is 0 Å². The average Bonchev–Trinajstić information content (AvgIpc) is 3.23. The van der Waals surface area contributed by atoms with Gasteiger partial charge in [-0.05, 0) is 37.1 Å². The average molecular weight is 363 g/mol. The number of rotatable bonds is 5. The maximum atomic E-state index is 12.7. The van der Waals surface area contributed by atoms with Crippen LogP contribution in [0.15, 0.2) is 47.4 Å². The van der Waals surface area contributed by atoms with Crippen LogP contribution in [-0.2, 0) is 6.42 Å². The Labute approximate surface area is 156 Å². The summed E-state index contributed by atoms with van der Waals surface area (Å²) in [6, 6.07) is 10.8. The number of nitrogens with zero attached hydrogens (tertiary/aromatic N) is 3. The zero-order valence-electron chi connectivity index (χ0n) is 14.9. The molecule has 138 valence electrons. The quantitative estimate of drug-likeness (QED) is 0.725. The Bertz CT molecular complexity index is 1020. The summed E-state index contributed by atoms with van der Waals surface area (Å²) < 4.78 is 0. The van der Waals surface area contributed by atoms with Crippen LogP contribution in [0.1, 0.15) is 29.0 Å². The van der Waals surface area contributed by atoms with Crippen LogP contribution in [0.2, 0.25) is 0 Å². The van der Waals surface area contributed by atoms with Gasteiger partial charge in [0, 0.05) is 32.3 Å². The van der Waals surface area contributed by atoms with Crippen molar-refractivity contribution in [1.82, 2.24) is 19.9 Å². The molecule has 0 bridgehead atoms. The predicted molar refractivity (Wildman–Crippen MR) is 104 cm³/mol. The normalized spacial score (nSPS) is 13.9. The van der Waals surface area contributed by atoms with Crippen LogP contribution in [0.25, 0.3) is 10.9 Å². The molecule has 3 aromatic rings. The molecule has 1 aliphatic heterocycles. The van der Waals surface area contributed by atoms with Gasteiger partial charge in [-0.25, -0.2) is 9.97 Å². The number of carbonyl (C=O) groups excluding carboxylic acids is 1. The topological polar surface area (TPSA) is 91.0 Å². The molecule has 4 rings (SSSR count). The van der Waals surface area contributed by atoms with Crippen molar-refractivity contribution in [2.75, 3.05) is 25.0 Å². The molecule has 1 aliphatic rings. The van der Waals surface area contributed by atoms with Gasteiger partial charge in [-0.2, -0.15) is 0 Å². The lowest BCUT2D eigenvalue weighted by Gasteiger charge is -2.17. The third-order valence-corrected chi connectivity index (χ3v) is 4.75. The summed E-state index contributed by atoms with van der Waals surface area (Å²) >= 11 is 0. The third kappa shape index (κ3) is 3.67. The summed E-state index contributed by atoms with van der Waals surface area (Å²) in [7, 11) is 0. The number of fused-ring (bicyclic) bond motifs is 1. The van der Waals surface area contributed by atoms with E-state index in [2.05, 4.69) is 20.3 Å². The number of nitrogens with one attached hydrogen (secondary N) is 2. The van der Waals surface area contributed by atoms with Crippen molar-refractivity contribution in [2.24, 2.45) is 0 Å². The Morgan fingerprint density at radius 3 is 2.81 bits per heavy atom. The van der Waals surface area contributed by atoms with E-state index in [0.717, 1.165) is 25.9 Å². The van der Waals surface area contributed by atoms with Crippen LogP contribution in [0.3, 0.4) is 0 Å². The minimum atomic E-state index is -0.140. The molecular formula is C20H21N5O2. The zero-order valence-corrected chi connectivity index (χ0v) is 14.9. The molecule has 7 nitrogen and oxygen atoms in total. The van der Waals surface area contributed by atoms with E-state index in [1.807, 2.05) is 23.1 Å². The number of H-pyrrole nitrogens is 1. The molecule has 0 spiro atoms. The van der Waals surface area contributed by atoms with E-state index < -0.39 is 0 Å². The predicted octanol–water partition coefficient (Wildman–Crippen LogP) is 2.21. The lowest BCUT2D eigenvalue weighted by Crippen LogP contribution is -2.28. The van der Waals surface area contributed by atoms with Crippen LogP contribution < -0.4 is 10.9 Å². The fourth-order valence-electron chi connectivity index (χ4n) is 3.36. The molecule has 2 N–H and O–H groups in total. The highest BCUT2D eigenvalue weighted by atomic mass is 16.2. The number of hydrogen-bond donors (Lipinski definition) is 2. The summed E-state index contributed by atoms with van der Waals surface area (Å²) in [5.41, 5.74) is 1.12. The Balaban J connectivity index is 1.47. The van der Waals surface area contributed by atoms with E-state index in [-0.39, 0.29) is 11.5 Å². The number of carbonyl (C=O) groups is 1. The highest BCUT2D eigenvalue weighted by Crippen LogP contribution is 2.18. The maximum absolute atomic E-state index is 12.7. The minimum absolute atomic E-state index is 0.0142. The first kappa shape index (κ1) is 17.2. The van der Waals surface area contributed by atoms with Gasteiger partial charge < -0.3 is 15.2 Å². The lowest BCUT2D eigenvalue weighted by atomic mass is 10.2. The van der Waals surface area contributed by atoms with Crippen LogP contribution in [0.5, 0.6) is 0 Å². The molecule has 7 heteroatoms. The van der Waals surface area contributed by atoms with Crippen molar-refractivity contribution in [2.45, 2.75) is 19.3 Å². The van der Waals surface area contributed by atoms with Gasteiger partial charge in [0.1, 0.15) is 11.6 Å². The van der Waals surface area contributed by atoms with Gasteiger partial charge in [0.2, 0.25) is 0 Å². The molecular weight excluding hydrogens is 342 g/mol. The summed E-state index contributed by atoms with van der Waals surface area (Å²) in [6.45, 7) is 2.11. The van der Waals surface area contributed by atoms with E-state index in [9.17, 15) is 9.59 Å². The van der Waals surface area contributed by atoms with Crippen molar-refractivity contribution < 1.29 is 4.79 Å². The third-order valence-electron chi connectivity index (χ3n) is 4.75. The van der Waals surface area contributed by atoms with Gasteiger partial charge in [0.15, 0.2) is 0 Å². The number of likely N-dealkylation sites (tertiary alicyclic amines) is 1. The number of aromatic amines is 1. The number of hydrogen-bond acceptors (Lipinski definition) is 5. The molecule has 0 unspecified atom stereocenters. The minimum Gasteiger partial charge on any atom is -0.369 e. The SMILES string of the molecule is O=C(c1cccnc1NCCc1nc2ccccc2c(=O)[nH]1)N1CCCC1. The first-order valence-electron chi connectivity index (χ1n) is 9.18. The Morgan fingerprint density at radius 2 is 1.96 bits per heavy atom. The van der Waals surface area contributed by atoms with E-state index in [0.29, 0.717) is 41.1 Å². The standard InChI is InChI=1S/C20H21N5O2/c26-19-14-6-1-2-8-16(14)23-17(24-19)9-11-22-18-15(7-5-10-21-18)20(27)25-12-3-4-13-25/h1-2,5-8,10H,3-4,9,11-13H2,(H,21,22)(H,23,24,26). The number of para-hydroxylation sites is 1. The fourth-order valence-corrected chi connectivity index (χ4v) is 3.36. The summed E-state index contributed by atoms with van der Waals surface area (Å²) in [4.78, 5) is 38.3. The van der Waals surface area contributed by atoms with Gasteiger partial charge in [-0.3, -0.25) is 9.59 Å². The lowest BCUT2D eigenvalue weighted by molar-refractivity contribution is 0.0793. The summed E-state index contributed by atoms with van der Waals surface area (Å²) in [5.74, 6) is 1.19. The summed E-state index contributed by atoms with van der Waals surface area (Å²) in [6.07, 6.45) is 4.29. The molecule has 27 heavy (non-hydrogen) atoms. The number of benzene rings is 1. The van der Waals surface area contributed by atoms with Crippen molar-refractivity contribution >= 4 is 22.6 Å². The van der Waals surface area contributed by atoms with Gasteiger partial charge in [-0.15, -0.1) is 0 Å². The monoisotopic (exact) mass is 363 g/mol. The van der Waals surface area contributed by atoms with Crippen LogP contribution >= 0.6 is 0 Å². The van der Waals surface area contributed by atoms with Crippen LogP contribution in [0, 0.1) is 0 Å².